The van der Waals surface area contributed by atoms with Crippen LogP contribution >= 0.6 is 15.9 Å². The van der Waals surface area contributed by atoms with Gasteiger partial charge in [-0.25, -0.2) is 4.79 Å². The van der Waals surface area contributed by atoms with Crippen LogP contribution in [0.2, 0.25) is 0 Å². The number of alkyl carbamates (subject to hydrolysis) is 1. The summed E-state index contributed by atoms with van der Waals surface area (Å²) in [4.78, 5) is 35.5. The van der Waals surface area contributed by atoms with Crippen molar-refractivity contribution in [3.05, 3.63) is 64.6 Å². The number of nitrogens with one attached hydrogen (secondary N) is 3. The molecule has 30 heavy (non-hydrogen) atoms. The predicted octanol–water partition coefficient (Wildman–Crippen LogP) is 4.56. The van der Waals surface area contributed by atoms with Gasteiger partial charge in [0.05, 0.1) is 0 Å². The van der Waals surface area contributed by atoms with Crippen LogP contribution in [-0.2, 0) is 14.3 Å². The molecule has 0 spiro atoms. The van der Waals surface area contributed by atoms with E-state index in [2.05, 4.69) is 31.9 Å². The molecule has 0 aromatic heterocycles. The van der Waals surface area contributed by atoms with Crippen molar-refractivity contribution in [1.82, 2.24) is 5.32 Å². The Labute approximate surface area is 184 Å². The van der Waals surface area contributed by atoms with Crippen LogP contribution in [0.25, 0.3) is 6.08 Å². The van der Waals surface area contributed by atoms with E-state index in [1.54, 1.807) is 51.1 Å². The first kappa shape index (κ1) is 23.2. The van der Waals surface area contributed by atoms with E-state index in [0.29, 0.717) is 11.4 Å². The molecule has 0 heterocycles. The standard InChI is InChI=1S/C22H24BrN3O4/c1-22(2,3)30-21(29)24-14-20(28)26-18-11-9-17(10-12-18)25-19(27)13-6-15-4-7-16(23)8-5-15/h4-13H,14H2,1-3H3,(H,24,29)(H,25,27)(H,26,28)/b13-6+. The zero-order valence-electron chi connectivity index (χ0n) is 17.0. The van der Waals surface area contributed by atoms with E-state index in [-0.39, 0.29) is 12.5 Å². The van der Waals surface area contributed by atoms with E-state index in [9.17, 15) is 14.4 Å². The number of carbonyl (C=O) groups excluding carboxylic acids is 3. The third-order valence-corrected chi connectivity index (χ3v) is 4.05. The quantitative estimate of drug-likeness (QED) is 0.535. The zero-order valence-corrected chi connectivity index (χ0v) is 18.6. The summed E-state index contributed by atoms with van der Waals surface area (Å²) in [6, 6.07) is 14.2. The van der Waals surface area contributed by atoms with Crippen LogP contribution in [0.15, 0.2) is 59.1 Å². The second kappa shape index (κ2) is 10.6. The van der Waals surface area contributed by atoms with Crippen molar-refractivity contribution in [2.75, 3.05) is 17.2 Å². The topological polar surface area (TPSA) is 96.5 Å². The Kier molecular flexibility index (Phi) is 8.17. The fourth-order valence-electron chi connectivity index (χ4n) is 2.24. The van der Waals surface area contributed by atoms with Crippen LogP contribution in [0, 0.1) is 0 Å². The van der Waals surface area contributed by atoms with Gasteiger partial charge in [-0.3, -0.25) is 9.59 Å². The molecule has 3 amide bonds. The van der Waals surface area contributed by atoms with Crippen LogP contribution < -0.4 is 16.0 Å². The summed E-state index contributed by atoms with van der Waals surface area (Å²) in [5.74, 6) is -0.661. The van der Waals surface area contributed by atoms with Crippen molar-refractivity contribution >= 4 is 51.3 Å². The Morgan fingerprint density at radius 1 is 0.933 bits per heavy atom. The number of rotatable bonds is 6. The predicted molar refractivity (Wildman–Crippen MR) is 121 cm³/mol. The highest BCUT2D eigenvalue weighted by Gasteiger charge is 2.16. The monoisotopic (exact) mass is 473 g/mol. The minimum absolute atomic E-state index is 0.214. The van der Waals surface area contributed by atoms with E-state index in [1.807, 2.05) is 24.3 Å². The molecule has 0 aliphatic rings. The van der Waals surface area contributed by atoms with E-state index >= 15 is 0 Å². The van der Waals surface area contributed by atoms with Crippen molar-refractivity contribution in [3.8, 4) is 0 Å². The average molecular weight is 474 g/mol. The Morgan fingerprint density at radius 2 is 1.50 bits per heavy atom. The zero-order chi connectivity index (χ0) is 22.1. The van der Waals surface area contributed by atoms with Crippen molar-refractivity contribution in [1.29, 1.82) is 0 Å². The van der Waals surface area contributed by atoms with Gasteiger partial charge in [0.1, 0.15) is 12.1 Å². The van der Waals surface area contributed by atoms with E-state index < -0.39 is 17.6 Å². The Bertz CT molecular complexity index is 917. The van der Waals surface area contributed by atoms with E-state index in [0.717, 1.165) is 10.0 Å². The molecule has 0 saturated carbocycles. The highest BCUT2D eigenvalue weighted by atomic mass is 79.9. The van der Waals surface area contributed by atoms with Crippen molar-refractivity contribution < 1.29 is 19.1 Å². The molecule has 2 aromatic rings. The molecule has 0 unspecified atom stereocenters. The molecule has 0 aliphatic heterocycles. The normalized spacial score (nSPS) is 11.1. The van der Waals surface area contributed by atoms with Gasteiger partial charge in [0.25, 0.3) is 0 Å². The van der Waals surface area contributed by atoms with Crippen molar-refractivity contribution in [3.63, 3.8) is 0 Å². The van der Waals surface area contributed by atoms with Crippen LogP contribution in [0.5, 0.6) is 0 Å². The lowest BCUT2D eigenvalue weighted by Crippen LogP contribution is -2.37. The molecule has 0 aliphatic carbocycles. The summed E-state index contributed by atoms with van der Waals surface area (Å²) in [5, 5.41) is 7.78. The summed E-state index contributed by atoms with van der Waals surface area (Å²) in [6.07, 6.45) is 2.50. The van der Waals surface area contributed by atoms with Crippen LogP contribution in [0.3, 0.4) is 0 Å². The molecule has 158 valence electrons. The lowest BCUT2D eigenvalue weighted by atomic mass is 10.2. The number of hydrogen-bond donors (Lipinski definition) is 3. The molecule has 0 fully saturated rings. The second-order valence-electron chi connectivity index (χ2n) is 7.36. The molecule has 7 nitrogen and oxygen atoms in total. The number of carbonyl (C=O) groups is 3. The molecule has 0 saturated heterocycles. The summed E-state index contributed by atoms with van der Waals surface area (Å²) in [7, 11) is 0. The molecular formula is C22H24BrN3O4. The van der Waals surface area contributed by atoms with Gasteiger partial charge in [0.15, 0.2) is 0 Å². The summed E-state index contributed by atoms with van der Waals surface area (Å²) in [6.45, 7) is 5.00. The first-order valence-corrected chi connectivity index (χ1v) is 10.0. The van der Waals surface area contributed by atoms with Gasteiger partial charge >= 0.3 is 6.09 Å². The second-order valence-corrected chi connectivity index (χ2v) is 8.27. The van der Waals surface area contributed by atoms with E-state index in [1.165, 1.54) is 6.08 Å². The maximum Gasteiger partial charge on any atom is 0.408 e. The lowest BCUT2D eigenvalue weighted by molar-refractivity contribution is -0.115. The highest BCUT2D eigenvalue weighted by Crippen LogP contribution is 2.14. The number of anilines is 2. The maximum absolute atomic E-state index is 12.0. The van der Waals surface area contributed by atoms with Crippen molar-refractivity contribution in [2.24, 2.45) is 0 Å². The van der Waals surface area contributed by atoms with Gasteiger partial charge in [-0.1, -0.05) is 28.1 Å². The molecule has 8 heteroatoms. The fourth-order valence-corrected chi connectivity index (χ4v) is 2.50. The van der Waals surface area contributed by atoms with Crippen LogP contribution in [0.1, 0.15) is 26.3 Å². The fraction of sp³-hybridized carbons (Fsp3) is 0.227. The van der Waals surface area contributed by atoms with E-state index in [4.69, 9.17) is 4.74 Å². The number of halogens is 1. The molecule has 3 N–H and O–H groups in total. The first-order valence-electron chi connectivity index (χ1n) is 9.22. The first-order chi connectivity index (χ1) is 14.1. The molecular weight excluding hydrogens is 450 g/mol. The van der Waals surface area contributed by atoms with Gasteiger partial charge in [-0.15, -0.1) is 0 Å². The van der Waals surface area contributed by atoms with Gasteiger partial charge in [0.2, 0.25) is 11.8 Å². The maximum atomic E-state index is 12.0. The largest absolute Gasteiger partial charge is 0.444 e. The molecule has 0 bridgehead atoms. The van der Waals surface area contributed by atoms with Gasteiger partial charge < -0.3 is 20.7 Å². The molecule has 2 aromatic carbocycles. The number of hydrogen-bond acceptors (Lipinski definition) is 4. The van der Waals surface area contributed by atoms with Gasteiger partial charge in [-0.05, 0) is 68.8 Å². The average Bonchev–Trinajstić information content (AvgIpc) is 2.66. The number of benzene rings is 2. The lowest BCUT2D eigenvalue weighted by Gasteiger charge is -2.19. The Morgan fingerprint density at radius 3 is 2.07 bits per heavy atom. The SMILES string of the molecule is CC(C)(C)OC(=O)NCC(=O)Nc1ccc(NC(=O)/C=C/c2ccc(Br)cc2)cc1. The van der Waals surface area contributed by atoms with Gasteiger partial charge in [0, 0.05) is 21.9 Å². The minimum Gasteiger partial charge on any atom is -0.444 e. The molecule has 2 rings (SSSR count). The Hall–Kier alpha value is -3.13. The third-order valence-electron chi connectivity index (χ3n) is 3.53. The summed E-state index contributed by atoms with van der Waals surface area (Å²) in [5.41, 5.74) is 1.40. The van der Waals surface area contributed by atoms with Crippen molar-refractivity contribution in [2.45, 2.75) is 26.4 Å². The Balaban J connectivity index is 1.80. The highest BCUT2D eigenvalue weighted by molar-refractivity contribution is 9.10. The van der Waals surface area contributed by atoms with Crippen LogP contribution in [0.4, 0.5) is 16.2 Å². The van der Waals surface area contributed by atoms with Crippen LogP contribution in [-0.4, -0.2) is 30.1 Å². The molecule has 0 radical (unpaired) electrons. The number of ether oxygens (including phenoxy) is 1. The summed E-state index contributed by atoms with van der Waals surface area (Å²) >= 11 is 3.36. The smallest absolute Gasteiger partial charge is 0.408 e. The third kappa shape index (κ3) is 8.91. The number of amides is 3. The minimum atomic E-state index is -0.660. The molecule has 0 atom stereocenters. The summed E-state index contributed by atoms with van der Waals surface area (Å²) < 4.78 is 6.04. The van der Waals surface area contributed by atoms with Gasteiger partial charge in [-0.2, -0.15) is 0 Å².